The van der Waals surface area contributed by atoms with Crippen molar-refractivity contribution in [2.75, 3.05) is 12.0 Å². The predicted octanol–water partition coefficient (Wildman–Crippen LogP) is 1.12. The number of benzene rings is 1. The molecule has 1 aliphatic carbocycles. The lowest BCUT2D eigenvalue weighted by Gasteiger charge is -2.17. The number of hydrogen-bond acceptors (Lipinski definition) is 3. The Balaban J connectivity index is 2.13. The smallest absolute Gasteiger partial charge is 0.230 e. The number of nitrogens with one attached hydrogen (secondary N) is 1. The highest BCUT2D eigenvalue weighted by Gasteiger charge is 2.31. The molecule has 0 saturated heterocycles. The van der Waals surface area contributed by atoms with Crippen LogP contribution in [0.4, 0.5) is 0 Å². The predicted molar refractivity (Wildman–Crippen MR) is 65.4 cm³/mol. The first kappa shape index (κ1) is 11.5. The highest BCUT2D eigenvalue weighted by atomic mass is 32.2. The standard InChI is InChI=1S/C12H15NO2S/c1-16-7-11(15)13-12-9-5-3-2-4-8(9)6-10(12)14/h2-5,10,12,14H,6-7H2,1H3,(H,13,15)/t10-,12+/m1/s1. The van der Waals surface area contributed by atoms with Crippen molar-refractivity contribution in [3.05, 3.63) is 35.4 Å². The molecule has 4 heteroatoms. The fourth-order valence-electron chi connectivity index (χ4n) is 2.09. The summed E-state index contributed by atoms with van der Waals surface area (Å²) in [5, 5.41) is 12.8. The molecule has 3 nitrogen and oxygen atoms in total. The van der Waals surface area contributed by atoms with Crippen LogP contribution in [0.15, 0.2) is 24.3 Å². The van der Waals surface area contributed by atoms with Gasteiger partial charge < -0.3 is 10.4 Å². The number of aliphatic hydroxyl groups excluding tert-OH is 1. The molecule has 0 spiro atoms. The Bertz CT molecular complexity index is 394. The third-order valence-corrected chi connectivity index (χ3v) is 3.35. The molecule has 0 saturated carbocycles. The van der Waals surface area contributed by atoms with E-state index >= 15 is 0 Å². The van der Waals surface area contributed by atoms with Gasteiger partial charge in [0.1, 0.15) is 0 Å². The van der Waals surface area contributed by atoms with Crippen molar-refractivity contribution in [2.45, 2.75) is 18.6 Å². The minimum Gasteiger partial charge on any atom is -0.390 e. The molecule has 1 aromatic rings. The van der Waals surface area contributed by atoms with E-state index in [-0.39, 0.29) is 11.9 Å². The Morgan fingerprint density at radius 1 is 1.56 bits per heavy atom. The van der Waals surface area contributed by atoms with Gasteiger partial charge in [-0.3, -0.25) is 4.79 Å². The summed E-state index contributed by atoms with van der Waals surface area (Å²) in [7, 11) is 0. The molecule has 0 bridgehead atoms. The van der Waals surface area contributed by atoms with Crippen molar-refractivity contribution in [3.8, 4) is 0 Å². The monoisotopic (exact) mass is 237 g/mol. The van der Waals surface area contributed by atoms with Crippen LogP contribution in [-0.4, -0.2) is 29.1 Å². The lowest BCUT2D eigenvalue weighted by molar-refractivity contribution is -0.120. The lowest BCUT2D eigenvalue weighted by Crippen LogP contribution is -2.34. The van der Waals surface area contributed by atoms with Crippen molar-refractivity contribution >= 4 is 17.7 Å². The second-order valence-corrected chi connectivity index (χ2v) is 4.81. The van der Waals surface area contributed by atoms with E-state index in [1.807, 2.05) is 30.5 Å². The summed E-state index contributed by atoms with van der Waals surface area (Å²) in [6, 6.07) is 7.62. The SMILES string of the molecule is CSCC(=O)N[C@H]1c2ccccc2C[C@H]1O. The van der Waals surface area contributed by atoms with Crippen LogP contribution in [0.3, 0.4) is 0 Å². The van der Waals surface area contributed by atoms with Gasteiger partial charge >= 0.3 is 0 Å². The van der Waals surface area contributed by atoms with Crippen LogP contribution in [0.1, 0.15) is 17.2 Å². The highest BCUT2D eigenvalue weighted by molar-refractivity contribution is 7.99. The van der Waals surface area contributed by atoms with Crippen LogP contribution in [-0.2, 0) is 11.2 Å². The third-order valence-electron chi connectivity index (χ3n) is 2.80. The molecular weight excluding hydrogens is 222 g/mol. The Kier molecular flexibility index (Phi) is 3.51. The second-order valence-electron chi connectivity index (χ2n) is 3.95. The third kappa shape index (κ3) is 2.23. The Hall–Kier alpha value is -1.00. The number of amides is 1. The number of carbonyl (C=O) groups is 1. The molecule has 1 amide bonds. The van der Waals surface area contributed by atoms with E-state index in [1.165, 1.54) is 11.8 Å². The van der Waals surface area contributed by atoms with Crippen LogP contribution >= 0.6 is 11.8 Å². The lowest BCUT2D eigenvalue weighted by atomic mass is 10.1. The summed E-state index contributed by atoms with van der Waals surface area (Å²) in [5.74, 6) is 0.416. The maximum absolute atomic E-state index is 11.5. The van der Waals surface area contributed by atoms with Gasteiger partial charge in [-0.05, 0) is 17.4 Å². The van der Waals surface area contributed by atoms with E-state index in [1.54, 1.807) is 0 Å². The zero-order valence-corrected chi connectivity index (χ0v) is 9.96. The Labute approximate surface area is 99.2 Å². The maximum atomic E-state index is 11.5. The summed E-state index contributed by atoms with van der Waals surface area (Å²) in [5.41, 5.74) is 2.17. The molecule has 0 aliphatic heterocycles. The van der Waals surface area contributed by atoms with Crippen LogP contribution in [0.2, 0.25) is 0 Å². The van der Waals surface area contributed by atoms with Gasteiger partial charge in [-0.15, -0.1) is 0 Å². The number of rotatable bonds is 3. The van der Waals surface area contributed by atoms with Crippen molar-refractivity contribution in [2.24, 2.45) is 0 Å². The number of aliphatic hydroxyl groups is 1. The van der Waals surface area contributed by atoms with E-state index in [4.69, 9.17) is 0 Å². The van der Waals surface area contributed by atoms with Crippen molar-refractivity contribution in [1.82, 2.24) is 5.32 Å². The fraction of sp³-hybridized carbons (Fsp3) is 0.417. The molecule has 0 radical (unpaired) electrons. The number of carbonyl (C=O) groups excluding carboxylic acids is 1. The van der Waals surface area contributed by atoms with Crippen LogP contribution in [0, 0.1) is 0 Å². The van der Waals surface area contributed by atoms with Gasteiger partial charge in [0.15, 0.2) is 0 Å². The molecule has 1 aromatic carbocycles. The first-order valence-corrected chi connectivity index (χ1v) is 6.66. The highest BCUT2D eigenvalue weighted by Crippen LogP contribution is 2.31. The molecule has 0 fully saturated rings. The van der Waals surface area contributed by atoms with E-state index in [2.05, 4.69) is 5.32 Å². The summed E-state index contributed by atoms with van der Waals surface area (Å²) in [4.78, 5) is 11.5. The topological polar surface area (TPSA) is 49.3 Å². The molecule has 0 unspecified atom stereocenters. The molecule has 16 heavy (non-hydrogen) atoms. The summed E-state index contributed by atoms with van der Waals surface area (Å²) < 4.78 is 0. The molecule has 0 heterocycles. The van der Waals surface area contributed by atoms with E-state index in [9.17, 15) is 9.90 Å². The molecule has 2 rings (SSSR count). The van der Waals surface area contributed by atoms with Crippen molar-refractivity contribution in [1.29, 1.82) is 0 Å². The van der Waals surface area contributed by atoms with Crippen molar-refractivity contribution < 1.29 is 9.90 Å². The molecule has 86 valence electrons. The molecule has 2 atom stereocenters. The minimum absolute atomic E-state index is 0.0201. The molecular formula is C12H15NO2S. The Morgan fingerprint density at radius 2 is 2.31 bits per heavy atom. The largest absolute Gasteiger partial charge is 0.390 e. The number of thioether (sulfide) groups is 1. The van der Waals surface area contributed by atoms with Crippen molar-refractivity contribution in [3.63, 3.8) is 0 Å². The average molecular weight is 237 g/mol. The van der Waals surface area contributed by atoms with Gasteiger partial charge in [0.2, 0.25) is 5.91 Å². The van der Waals surface area contributed by atoms with Gasteiger partial charge in [-0.2, -0.15) is 11.8 Å². The molecule has 1 aliphatic rings. The normalized spacial score (nSPS) is 22.9. The van der Waals surface area contributed by atoms with E-state index in [0.29, 0.717) is 12.2 Å². The minimum atomic E-state index is -0.497. The first-order chi connectivity index (χ1) is 7.72. The average Bonchev–Trinajstić information content (AvgIpc) is 2.56. The second kappa shape index (κ2) is 4.89. The van der Waals surface area contributed by atoms with Gasteiger partial charge in [0, 0.05) is 6.42 Å². The number of fused-ring (bicyclic) bond motifs is 1. The summed E-state index contributed by atoms with van der Waals surface area (Å²) in [6.07, 6.45) is 2.02. The van der Waals surface area contributed by atoms with E-state index in [0.717, 1.165) is 11.1 Å². The fourth-order valence-corrected chi connectivity index (χ4v) is 2.44. The van der Waals surface area contributed by atoms with Crippen LogP contribution < -0.4 is 5.32 Å². The van der Waals surface area contributed by atoms with Crippen LogP contribution in [0.25, 0.3) is 0 Å². The summed E-state index contributed by atoms with van der Waals surface area (Å²) >= 11 is 1.48. The summed E-state index contributed by atoms with van der Waals surface area (Å²) in [6.45, 7) is 0. The Morgan fingerprint density at radius 3 is 3.06 bits per heavy atom. The zero-order valence-electron chi connectivity index (χ0n) is 9.14. The van der Waals surface area contributed by atoms with Gasteiger partial charge in [-0.25, -0.2) is 0 Å². The van der Waals surface area contributed by atoms with Gasteiger partial charge in [-0.1, -0.05) is 24.3 Å². The first-order valence-electron chi connectivity index (χ1n) is 5.26. The zero-order chi connectivity index (χ0) is 11.5. The van der Waals surface area contributed by atoms with E-state index < -0.39 is 6.10 Å². The van der Waals surface area contributed by atoms with Gasteiger partial charge in [0.25, 0.3) is 0 Å². The number of hydrogen-bond donors (Lipinski definition) is 2. The molecule has 0 aromatic heterocycles. The van der Waals surface area contributed by atoms with Crippen LogP contribution in [0.5, 0.6) is 0 Å². The maximum Gasteiger partial charge on any atom is 0.230 e. The molecule has 2 N–H and O–H groups in total. The van der Waals surface area contributed by atoms with Gasteiger partial charge in [0.05, 0.1) is 17.9 Å². The quantitative estimate of drug-likeness (QED) is 0.828.